The first-order valence-electron chi connectivity index (χ1n) is 8.98. The van der Waals surface area contributed by atoms with Gasteiger partial charge in [0.25, 0.3) is 5.91 Å². The Morgan fingerprint density at radius 1 is 1.17 bits per heavy atom. The van der Waals surface area contributed by atoms with Crippen LogP contribution in [0.25, 0.3) is 10.2 Å². The van der Waals surface area contributed by atoms with Gasteiger partial charge in [-0.15, -0.1) is 0 Å². The van der Waals surface area contributed by atoms with Gasteiger partial charge in [0.1, 0.15) is 12.4 Å². The van der Waals surface area contributed by atoms with E-state index in [1.54, 1.807) is 19.1 Å². The number of nitrogens with zero attached hydrogens (tertiary/aromatic N) is 2. The molecule has 1 amide bonds. The minimum atomic E-state index is -3.32. The molecule has 1 heterocycles. The van der Waals surface area contributed by atoms with Crippen LogP contribution < -0.4 is 4.80 Å². The maximum atomic E-state index is 13.6. The zero-order valence-corrected chi connectivity index (χ0v) is 17.9. The fraction of sp³-hybridized carbons (Fsp3) is 0.250. The number of carbonyl (C=O) groups is 2. The van der Waals surface area contributed by atoms with E-state index in [1.165, 1.54) is 34.9 Å². The molecule has 0 saturated carbocycles. The fourth-order valence-electron chi connectivity index (χ4n) is 2.80. The Hall–Kier alpha value is -2.85. The van der Waals surface area contributed by atoms with Gasteiger partial charge in [-0.2, -0.15) is 4.99 Å². The number of hydrogen-bond acceptors (Lipinski definition) is 6. The molecule has 158 valence electrons. The Kier molecular flexibility index (Phi) is 6.47. The predicted molar refractivity (Wildman–Crippen MR) is 110 cm³/mol. The molecule has 0 atom stereocenters. The van der Waals surface area contributed by atoms with Crippen molar-refractivity contribution in [2.75, 3.05) is 12.9 Å². The maximum absolute atomic E-state index is 13.6. The topological polar surface area (TPSA) is 94.8 Å². The zero-order valence-electron chi connectivity index (χ0n) is 16.3. The molecule has 0 saturated heterocycles. The van der Waals surface area contributed by atoms with Gasteiger partial charge in [-0.3, -0.25) is 9.59 Å². The summed E-state index contributed by atoms with van der Waals surface area (Å²) in [5, 5.41) is 0. The number of rotatable bonds is 6. The number of fused-ring (bicyclic) bond motifs is 1. The highest BCUT2D eigenvalue weighted by molar-refractivity contribution is 7.90. The monoisotopic (exact) mass is 450 g/mol. The molecule has 0 spiro atoms. The summed E-state index contributed by atoms with van der Waals surface area (Å²) in [7, 11) is -3.32. The van der Waals surface area contributed by atoms with E-state index in [0.717, 1.165) is 17.6 Å². The first kappa shape index (κ1) is 21.8. The molecule has 0 aliphatic heterocycles. The molecular formula is C20H19FN2O5S2. The van der Waals surface area contributed by atoms with E-state index >= 15 is 0 Å². The van der Waals surface area contributed by atoms with Crippen LogP contribution in [0.15, 0.2) is 52.4 Å². The third-order valence-electron chi connectivity index (χ3n) is 4.16. The summed E-state index contributed by atoms with van der Waals surface area (Å²) in [6.07, 6.45) is 1.06. The molecule has 0 radical (unpaired) electrons. The maximum Gasteiger partial charge on any atom is 0.326 e. The lowest BCUT2D eigenvalue weighted by atomic mass is 10.1. The number of halogens is 1. The van der Waals surface area contributed by atoms with Crippen molar-refractivity contribution in [3.63, 3.8) is 0 Å². The lowest BCUT2D eigenvalue weighted by molar-refractivity contribution is -0.143. The van der Waals surface area contributed by atoms with Crippen molar-refractivity contribution < 1.29 is 27.1 Å². The van der Waals surface area contributed by atoms with E-state index in [0.29, 0.717) is 15.8 Å². The second kappa shape index (κ2) is 8.88. The summed E-state index contributed by atoms with van der Waals surface area (Å²) in [6, 6.07) is 10.1. The average Bonchev–Trinajstić information content (AvgIpc) is 2.97. The van der Waals surface area contributed by atoms with Gasteiger partial charge < -0.3 is 9.30 Å². The number of hydrogen-bond donors (Lipinski definition) is 0. The Labute approximate surface area is 176 Å². The van der Waals surface area contributed by atoms with Crippen molar-refractivity contribution in [2.24, 2.45) is 4.99 Å². The first-order valence-corrected chi connectivity index (χ1v) is 11.7. The minimum absolute atomic E-state index is 0.0495. The zero-order chi connectivity index (χ0) is 21.9. The largest absolute Gasteiger partial charge is 0.465 e. The molecule has 0 unspecified atom stereocenters. The van der Waals surface area contributed by atoms with Crippen LogP contribution in [0.1, 0.15) is 12.5 Å². The van der Waals surface area contributed by atoms with Crippen LogP contribution in [0.4, 0.5) is 4.39 Å². The number of thiazole rings is 1. The summed E-state index contributed by atoms with van der Waals surface area (Å²) in [5.74, 6) is -1.41. The van der Waals surface area contributed by atoms with Gasteiger partial charge in [0.05, 0.1) is 28.1 Å². The molecule has 3 aromatic rings. The Bertz CT molecular complexity index is 1270. The molecule has 0 fully saturated rings. The van der Waals surface area contributed by atoms with Crippen LogP contribution in [0.3, 0.4) is 0 Å². The second-order valence-electron chi connectivity index (χ2n) is 6.49. The number of aromatic nitrogens is 1. The molecule has 1 aromatic heterocycles. The van der Waals surface area contributed by atoms with Crippen molar-refractivity contribution >= 4 is 43.3 Å². The van der Waals surface area contributed by atoms with Crippen molar-refractivity contribution in [2.45, 2.75) is 24.8 Å². The summed E-state index contributed by atoms with van der Waals surface area (Å²) in [4.78, 5) is 29.0. The van der Waals surface area contributed by atoms with Gasteiger partial charge in [0, 0.05) is 6.26 Å². The van der Waals surface area contributed by atoms with Crippen LogP contribution in [-0.2, 0) is 37.1 Å². The number of carbonyl (C=O) groups excluding carboxylic acids is 2. The molecule has 0 N–H and O–H groups in total. The summed E-state index contributed by atoms with van der Waals surface area (Å²) < 4.78 is 43.7. The van der Waals surface area contributed by atoms with E-state index in [9.17, 15) is 22.4 Å². The molecule has 30 heavy (non-hydrogen) atoms. The third-order valence-corrected chi connectivity index (χ3v) is 6.33. The van der Waals surface area contributed by atoms with Crippen LogP contribution in [0.5, 0.6) is 0 Å². The van der Waals surface area contributed by atoms with Gasteiger partial charge in [0.2, 0.25) is 0 Å². The normalized spacial score (nSPS) is 12.3. The first-order chi connectivity index (χ1) is 14.2. The van der Waals surface area contributed by atoms with Gasteiger partial charge in [0.15, 0.2) is 14.6 Å². The lowest BCUT2D eigenvalue weighted by Crippen LogP contribution is -2.23. The van der Waals surface area contributed by atoms with Crippen LogP contribution in [0.2, 0.25) is 0 Å². The number of sulfone groups is 1. The highest BCUT2D eigenvalue weighted by Crippen LogP contribution is 2.19. The minimum Gasteiger partial charge on any atom is -0.465 e. The SMILES string of the molecule is CCOC(=O)Cn1c(=NC(=O)Cc2ccc(S(C)(=O)=O)cc2)sc2cc(F)ccc21. The van der Waals surface area contributed by atoms with Crippen molar-refractivity contribution in [3.05, 3.63) is 58.6 Å². The van der Waals surface area contributed by atoms with Gasteiger partial charge >= 0.3 is 5.97 Å². The number of benzene rings is 2. The molecule has 0 bridgehead atoms. The van der Waals surface area contributed by atoms with Crippen molar-refractivity contribution in [3.8, 4) is 0 Å². The van der Waals surface area contributed by atoms with Crippen molar-refractivity contribution in [1.29, 1.82) is 0 Å². The van der Waals surface area contributed by atoms with E-state index < -0.39 is 27.5 Å². The highest BCUT2D eigenvalue weighted by Gasteiger charge is 2.13. The standard InChI is InChI=1S/C20H19FN2O5S2/c1-3-28-19(25)12-23-16-9-6-14(21)11-17(16)29-20(23)22-18(24)10-13-4-7-15(8-5-13)30(2,26)27/h4-9,11H,3,10,12H2,1-2H3. The molecule has 10 heteroatoms. The quantitative estimate of drug-likeness (QED) is 0.538. The van der Waals surface area contributed by atoms with Crippen LogP contribution in [-0.4, -0.2) is 37.7 Å². The Morgan fingerprint density at radius 2 is 1.87 bits per heavy atom. The van der Waals surface area contributed by atoms with Gasteiger partial charge in [-0.1, -0.05) is 23.5 Å². The Balaban J connectivity index is 1.93. The number of esters is 1. The van der Waals surface area contributed by atoms with E-state index in [-0.39, 0.29) is 29.3 Å². The summed E-state index contributed by atoms with van der Waals surface area (Å²) >= 11 is 1.09. The fourth-order valence-corrected chi connectivity index (χ4v) is 4.50. The lowest BCUT2D eigenvalue weighted by Gasteiger charge is -2.05. The molecule has 2 aromatic carbocycles. The molecular weight excluding hydrogens is 431 g/mol. The highest BCUT2D eigenvalue weighted by atomic mass is 32.2. The van der Waals surface area contributed by atoms with E-state index in [1.807, 2.05) is 0 Å². The summed E-state index contributed by atoms with van der Waals surface area (Å²) in [5.41, 5.74) is 1.17. The van der Waals surface area contributed by atoms with Crippen LogP contribution >= 0.6 is 11.3 Å². The van der Waals surface area contributed by atoms with Gasteiger partial charge in [-0.25, -0.2) is 12.8 Å². The molecule has 7 nitrogen and oxygen atoms in total. The van der Waals surface area contributed by atoms with E-state index in [4.69, 9.17) is 4.74 Å². The van der Waals surface area contributed by atoms with Crippen molar-refractivity contribution in [1.82, 2.24) is 4.57 Å². The molecule has 0 aliphatic carbocycles. The summed E-state index contributed by atoms with van der Waals surface area (Å²) in [6.45, 7) is 1.74. The smallest absolute Gasteiger partial charge is 0.326 e. The predicted octanol–water partition coefficient (Wildman–Crippen LogP) is 2.48. The van der Waals surface area contributed by atoms with Crippen LogP contribution in [0, 0.1) is 5.82 Å². The van der Waals surface area contributed by atoms with E-state index in [2.05, 4.69) is 4.99 Å². The second-order valence-corrected chi connectivity index (χ2v) is 9.51. The Morgan fingerprint density at radius 3 is 2.50 bits per heavy atom. The number of amides is 1. The molecule has 0 aliphatic rings. The van der Waals surface area contributed by atoms with Gasteiger partial charge in [-0.05, 0) is 42.8 Å². The average molecular weight is 451 g/mol. The molecule has 3 rings (SSSR count). The number of ether oxygens (including phenoxy) is 1. The third kappa shape index (κ3) is 5.19.